The van der Waals surface area contributed by atoms with Crippen molar-refractivity contribution < 1.29 is 0 Å². The fourth-order valence-corrected chi connectivity index (χ4v) is 2.86. The molecule has 0 atom stereocenters. The number of hydrogen-bond donors (Lipinski definition) is 2. The Labute approximate surface area is 126 Å². The third-order valence-corrected chi connectivity index (χ3v) is 4.16. The van der Waals surface area contributed by atoms with Crippen molar-refractivity contribution in [2.45, 2.75) is 18.4 Å². The summed E-state index contributed by atoms with van der Waals surface area (Å²) in [5.74, 6) is 0.721. The van der Waals surface area contributed by atoms with E-state index < -0.39 is 0 Å². The molecule has 3 rings (SSSR count). The minimum Gasteiger partial charge on any atom is -0.324 e. The second-order valence-corrected chi connectivity index (χ2v) is 5.63. The molecule has 2 aromatic rings. The van der Waals surface area contributed by atoms with Gasteiger partial charge in [0.15, 0.2) is 0 Å². The van der Waals surface area contributed by atoms with E-state index in [1.807, 2.05) is 18.2 Å². The third-order valence-electron chi connectivity index (χ3n) is 2.96. The fraction of sp³-hybridized carbons (Fsp3) is 0.143. The number of rotatable bonds is 2. The summed E-state index contributed by atoms with van der Waals surface area (Å²) in [6, 6.07) is 9.82. The molecule has 0 saturated heterocycles. The first kappa shape index (κ1) is 13.3. The van der Waals surface area contributed by atoms with Crippen LogP contribution in [0.5, 0.6) is 0 Å². The molecular weight excluding hydrogens is 292 g/mol. The largest absolute Gasteiger partial charge is 0.324 e. The maximum Gasteiger partial charge on any atom is 0.206 e. The minimum absolute atomic E-state index is 0.441. The minimum atomic E-state index is 0.441. The Morgan fingerprint density at radius 3 is 3.05 bits per heavy atom. The molecule has 1 aromatic carbocycles. The zero-order valence-electron chi connectivity index (χ0n) is 10.9. The maximum atomic E-state index is 6.07. The lowest BCUT2D eigenvalue weighted by atomic mass is 10.2. The first-order valence-electron chi connectivity index (χ1n) is 6.17. The number of aliphatic imine (C=N–C) groups is 1. The second kappa shape index (κ2) is 5.73. The van der Waals surface area contributed by atoms with Gasteiger partial charge in [-0.2, -0.15) is 0 Å². The third kappa shape index (κ3) is 2.73. The summed E-state index contributed by atoms with van der Waals surface area (Å²) in [6.07, 6.45) is 1.72. The van der Waals surface area contributed by atoms with Crippen LogP contribution >= 0.6 is 23.5 Å². The van der Waals surface area contributed by atoms with Gasteiger partial charge in [-0.1, -0.05) is 23.7 Å². The van der Waals surface area contributed by atoms with Crippen LogP contribution < -0.4 is 10.0 Å². The number of halogens is 1. The van der Waals surface area contributed by atoms with Crippen LogP contribution in [0.1, 0.15) is 11.3 Å². The van der Waals surface area contributed by atoms with Crippen LogP contribution in [-0.2, 0) is 6.54 Å². The number of fused-ring (bicyclic) bond motifs is 1. The number of benzene rings is 1. The Morgan fingerprint density at radius 1 is 1.30 bits per heavy atom. The number of para-hydroxylation sites is 1. The van der Waals surface area contributed by atoms with Crippen LogP contribution in [0.2, 0.25) is 5.02 Å². The summed E-state index contributed by atoms with van der Waals surface area (Å²) in [6.45, 7) is 2.52. The number of hydrogen-bond acceptors (Lipinski definition) is 3. The van der Waals surface area contributed by atoms with Crippen molar-refractivity contribution in [1.82, 2.24) is 9.71 Å². The maximum absolute atomic E-state index is 6.07. The molecule has 0 spiro atoms. The zero-order chi connectivity index (χ0) is 13.9. The molecule has 0 amide bonds. The molecule has 4 nitrogen and oxygen atoms in total. The molecule has 0 saturated carbocycles. The van der Waals surface area contributed by atoms with Crippen LogP contribution in [0.3, 0.4) is 0 Å². The number of aryl methyl sites for hydroxylation is 1. The highest BCUT2D eigenvalue weighted by Gasteiger charge is 2.15. The van der Waals surface area contributed by atoms with E-state index in [-0.39, 0.29) is 0 Å². The van der Waals surface area contributed by atoms with E-state index in [0.717, 1.165) is 17.3 Å². The Hall–Kier alpha value is -1.72. The highest BCUT2D eigenvalue weighted by molar-refractivity contribution is 7.98. The highest BCUT2D eigenvalue weighted by Crippen LogP contribution is 2.31. The van der Waals surface area contributed by atoms with Crippen molar-refractivity contribution in [1.29, 1.82) is 0 Å². The van der Waals surface area contributed by atoms with Gasteiger partial charge in [-0.3, -0.25) is 9.71 Å². The van der Waals surface area contributed by atoms with Gasteiger partial charge in [0.1, 0.15) is 0 Å². The standard InChI is InChI=1S/C14H13ClN4S/c1-9-4-2-6-12-13(9)18-14(19-20-12)17-8-11-10(15)5-3-7-16-11/h2-7H,8H2,1H3,(H2,17,18,19). The molecule has 6 heteroatoms. The first-order valence-corrected chi connectivity index (χ1v) is 7.37. The van der Waals surface area contributed by atoms with Gasteiger partial charge >= 0.3 is 0 Å². The van der Waals surface area contributed by atoms with Crippen molar-refractivity contribution in [2.75, 3.05) is 5.32 Å². The van der Waals surface area contributed by atoms with E-state index in [1.54, 1.807) is 18.1 Å². The smallest absolute Gasteiger partial charge is 0.206 e. The predicted molar refractivity (Wildman–Crippen MR) is 84.2 cm³/mol. The number of pyridine rings is 1. The Bertz CT molecular complexity index is 672. The topological polar surface area (TPSA) is 49.3 Å². The van der Waals surface area contributed by atoms with Gasteiger partial charge in [0, 0.05) is 6.20 Å². The summed E-state index contributed by atoms with van der Waals surface area (Å²) in [7, 11) is 0. The average Bonchev–Trinajstić information content (AvgIpc) is 2.47. The second-order valence-electron chi connectivity index (χ2n) is 4.37. The van der Waals surface area contributed by atoms with Crippen LogP contribution in [0, 0.1) is 6.92 Å². The van der Waals surface area contributed by atoms with Crippen LogP contribution in [0.15, 0.2) is 46.4 Å². The molecule has 1 aliphatic heterocycles. The zero-order valence-corrected chi connectivity index (χ0v) is 12.4. The van der Waals surface area contributed by atoms with Crippen LogP contribution in [-0.4, -0.2) is 10.9 Å². The molecule has 1 aliphatic rings. The van der Waals surface area contributed by atoms with Crippen molar-refractivity contribution in [2.24, 2.45) is 4.99 Å². The fourth-order valence-electron chi connectivity index (χ4n) is 1.89. The molecular formula is C14H13ClN4S. The van der Waals surface area contributed by atoms with Crippen molar-refractivity contribution in [3.63, 3.8) is 0 Å². The quantitative estimate of drug-likeness (QED) is 0.832. The molecule has 2 heterocycles. The number of anilines is 1. The summed E-state index contributed by atoms with van der Waals surface area (Å²) < 4.78 is 3.18. The number of guanidine groups is 1. The van der Waals surface area contributed by atoms with Gasteiger partial charge in [-0.25, -0.2) is 4.99 Å². The number of nitrogens with one attached hydrogen (secondary N) is 2. The normalized spacial score (nSPS) is 15.4. The van der Waals surface area contributed by atoms with E-state index in [9.17, 15) is 0 Å². The van der Waals surface area contributed by atoms with Gasteiger partial charge in [0.2, 0.25) is 5.96 Å². The molecule has 20 heavy (non-hydrogen) atoms. The van der Waals surface area contributed by atoms with E-state index in [2.05, 4.69) is 39.1 Å². The van der Waals surface area contributed by atoms with Gasteiger partial charge in [0.05, 0.1) is 27.8 Å². The van der Waals surface area contributed by atoms with E-state index in [1.165, 1.54) is 10.5 Å². The van der Waals surface area contributed by atoms with Gasteiger partial charge in [-0.15, -0.1) is 0 Å². The predicted octanol–water partition coefficient (Wildman–Crippen LogP) is 3.62. The molecule has 2 N–H and O–H groups in total. The average molecular weight is 305 g/mol. The summed E-state index contributed by atoms with van der Waals surface area (Å²) in [5.41, 5.74) is 3.06. The van der Waals surface area contributed by atoms with Crippen molar-refractivity contribution in [3.05, 3.63) is 52.8 Å². The highest BCUT2D eigenvalue weighted by atomic mass is 35.5. The first-order chi connectivity index (χ1) is 9.74. The lowest BCUT2D eigenvalue weighted by Crippen LogP contribution is -2.29. The lowest BCUT2D eigenvalue weighted by Gasteiger charge is -2.21. The monoisotopic (exact) mass is 304 g/mol. The van der Waals surface area contributed by atoms with E-state index >= 15 is 0 Å². The Balaban J connectivity index is 1.79. The van der Waals surface area contributed by atoms with Gasteiger partial charge < -0.3 is 5.32 Å². The summed E-state index contributed by atoms with van der Waals surface area (Å²) in [5, 5.41) is 3.94. The molecule has 0 radical (unpaired) electrons. The van der Waals surface area contributed by atoms with Gasteiger partial charge in [0.25, 0.3) is 0 Å². The van der Waals surface area contributed by atoms with Crippen LogP contribution in [0.25, 0.3) is 0 Å². The Morgan fingerprint density at radius 2 is 2.20 bits per heavy atom. The van der Waals surface area contributed by atoms with Gasteiger partial charge in [-0.05, 0) is 42.6 Å². The molecule has 0 aliphatic carbocycles. The molecule has 0 unspecified atom stereocenters. The number of nitrogens with zero attached hydrogens (tertiary/aromatic N) is 2. The van der Waals surface area contributed by atoms with Crippen LogP contribution in [0.4, 0.5) is 5.69 Å². The summed E-state index contributed by atoms with van der Waals surface area (Å²) >= 11 is 7.62. The van der Waals surface area contributed by atoms with Crippen molar-refractivity contribution in [3.8, 4) is 0 Å². The van der Waals surface area contributed by atoms with E-state index in [0.29, 0.717) is 11.6 Å². The molecule has 1 aromatic heterocycles. The van der Waals surface area contributed by atoms with E-state index in [4.69, 9.17) is 11.6 Å². The van der Waals surface area contributed by atoms with Crippen molar-refractivity contribution >= 4 is 35.2 Å². The number of aromatic nitrogens is 1. The lowest BCUT2D eigenvalue weighted by molar-refractivity contribution is 0.980. The Kier molecular flexibility index (Phi) is 3.80. The molecule has 102 valence electrons. The SMILES string of the molecule is Cc1cccc2c1NC(=NCc1ncccc1Cl)NS2. The molecule has 0 fully saturated rings. The summed E-state index contributed by atoms with van der Waals surface area (Å²) in [4.78, 5) is 9.87. The molecule has 0 bridgehead atoms.